The second kappa shape index (κ2) is 5.25. The minimum Gasteiger partial charge on any atom is -0.320 e. The van der Waals surface area contributed by atoms with Gasteiger partial charge in [0.25, 0.3) is 5.91 Å². The first kappa shape index (κ1) is 12.0. The molecule has 0 spiro atoms. The van der Waals surface area contributed by atoms with Gasteiger partial charge >= 0.3 is 0 Å². The molecule has 0 fully saturated rings. The van der Waals surface area contributed by atoms with Crippen LogP contribution in [0.25, 0.3) is 0 Å². The number of hydrogen-bond acceptors (Lipinski definition) is 4. The van der Waals surface area contributed by atoms with Gasteiger partial charge in [-0.1, -0.05) is 36.5 Å². The van der Waals surface area contributed by atoms with Crippen molar-refractivity contribution in [1.29, 1.82) is 0 Å². The molecule has 1 aromatic heterocycles. The van der Waals surface area contributed by atoms with Crippen molar-refractivity contribution < 1.29 is 4.79 Å². The fourth-order valence-electron chi connectivity index (χ4n) is 1.42. The number of aryl methyl sites for hydroxylation is 1. The molecule has 1 heterocycles. The van der Waals surface area contributed by atoms with Gasteiger partial charge in [0.05, 0.1) is 0 Å². The summed E-state index contributed by atoms with van der Waals surface area (Å²) in [5, 5.41) is 10.4. The second-order valence-electron chi connectivity index (χ2n) is 3.32. The number of benzene rings is 1. The van der Waals surface area contributed by atoms with Crippen molar-refractivity contribution in [3.8, 4) is 0 Å². The van der Waals surface area contributed by atoms with Gasteiger partial charge in [-0.25, -0.2) is 0 Å². The molecule has 2 rings (SSSR count). The van der Waals surface area contributed by atoms with Crippen LogP contribution in [-0.4, -0.2) is 16.1 Å². The highest BCUT2D eigenvalue weighted by atomic mass is 35.5. The lowest BCUT2D eigenvalue weighted by Crippen LogP contribution is -2.12. The highest BCUT2D eigenvalue weighted by molar-refractivity contribution is 7.17. The van der Waals surface area contributed by atoms with Gasteiger partial charge in [0.2, 0.25) is 9.47 Å². The lowest BCUT2D eigenvalue weighted by atomic mass is 10.1. The van der Waals surface area contributed by atoms with E-state index in [-0.39, 0.29) is 15.4 Å². The maximum absolute atomic E-state index is 11.8. The van der Waals surface area contributed by atoms with Crippen molar-refractivity contribution in [3.05, 3.63) is 39.3 Å². The average Bonchev–Trinajstić information content (AvgIpc) is 2.77. The summed E-state index contributed by atoms with van der Waals surface area (Å²) in [7, 11) is 0. The molecule has 0 atom stereocenters. The molecular weight excluding hydrogens is 258 g/mol. The summed E-state index contributed by atoms with van der Waals surface area (Å²) in [6.45, 7) is 2.03. The van der Waals surface area contributed by atoms with Gasteiger partial charge in [0.15, 0.2) is 0 Å². The van der Waals surface area contributed by atoms with Crippen molar-refractivity contribution in [1.82, 2.24) is 10.2 Å². The van der Waals surface area contributed by atoms with E-state index >= 15 is 0 Å². The Labute approximate surface area is 108 Å². The third-order valence-electron chi connectivity index (χ3n) is 2.24. The number of carbonyl (C=O) groups is 1. The molecule has 1 N–H and O–H groups in total. The zero-order chi connectivity index (χ0) is 12.3. The van der Waals surface area contributed by atoms with Crippen LogP contribution in [0.5, 0.6) is 0 Å². The number of aromatic nitrogens is 2. The van der Waals surface area contributed by atoms with Crippen molar-refractivity contribution in [2.24, 2.45) is 0 Å². The molecule has 2 aromatic rings. The van der Waals surface area contributed by atoms with E-state index in [2.05, 4.69) is 15.5 Å². The van der Waals surface area contributed by atoms with Gasteiger partial charge in [-0.2, -0.15) is 0 Å². The molecule has 4 nitrogen and oxygen atoms in total. The summed E-state index contributed by atoms with van der Waals surface area (Å²) in [5.74, 6) is -0.282. The van der Waals surface area contributed by atoms with E-state index in [1.165, 1.54) is 0 Å². The number of rotatable bonds is 3. The maximum atomic E-state index is 11.8. The van der Waals surface area contributed by atoms with Crippen LogP contribution in [0, 0.1) is 0 Å². The predicted octanol–water partition coefficient (Wildman–Crippen LogP) is 3.01. The first-order chi connectivity index (χ1) is 8.20. The molecule has 0 radical (unpaired) electrons. The molecule has 1 aromatic carbocycles. The molecule has 0 unspecified atom stereocenters. The van der Waals surface area contributed by atoms with Crippen molar-refractivity contribution in [2.45, 2.75) is 13.3 Å². The summed E-state index contributed by atoms with van der Waals surface area (Å²) in [4.78, 5) is 11.8. The fraction of sp³-hybridized carbons (Fsp3) is 0.182. The van der Waals surface area contributed by atoms with Crippen molar-refractivity contribution in [3.63, 3.8) is 0 Å². The van der Waals surface area contributed by atoms with Crippen LogP contribution in [0.1, 0.15) is 22.3 Å². The van der Waals surface area contributed by atoms with Crippen molar-refractivity contribution in [2.75, 3.05) is 5.32 Å². The first-order valence-electron chi connectivity index (χ1n) is 5.09. The summed E-state index contributed by atoms with van der Waals surface area (Å²) >= 11 is 6.69. The monoisotopic (exact) mass is 267 g/mol. The maximum Gasteiger partial charge on any atom is 0.286 e. The van der Waals surface area contributed by atoms with E-state index in [9.17, 15) is 4.79 Å². The standard InChI is InChI=1S/C11H10ClN3OS/c1-2-7-5-3-4-6-8(7)13-9(16)10-14-15-11(12)17-10/h3-6H,2H2,1H3,(H,13,16). The molecule has 0 saturated carbocycles. The highest BCUT2D eigenvalue weighted by Crippen LogP contribution is 2.19. The lowest BCUT2D eigenvalue weighted by Gasteiger charge is -2.07. The van der Waals surface area contributed by atoms with Crippen molar-refractivity contribution >= 4 is 34.5 Å². The summed E-state index contributed by atoms with van der Waals surface area (Å²) in [5.41, 5.74) is 1.88. The zero-order valence-corrected chi connectivity index (χ0v) is 10.7. The minimum absolute atomic E-state index is 0.263. The number of carbonyl (C=O) groups excluding carboxylic acids is 1. The first-order valence-corrected chi connectivity index (χ1v) is 6.28. The molecular formula is C11H10ClN3OS. The zero-order valence-electron chi connectivity index (χ0n) is 9.11. The van der Waals surface area contributed by atoms with Crippen LogP contribution >= 0.6 is 22.9 Å². The second-order valence-corrected chi connectivity index (χ2v) is 4.88. The third-order valence-corrected chi connectivity index (χ3v) is 3.26. The normalized spacial score (nSPS) is 10.2. The number of halogens is 1. The number of para-hydroxylation sites is 1. The number of nitrogens with zero attached hydrogens (tertiary/aromatic N) is 2. The van der Waals surface area contributed by atoms with Gasteiger partial charge in [0.1, 0.15) is 0 Å². The molecule has 17 heavy (non-hydrogen) atoms. The Bertz CT molecular complexity index is 541. The lowest BCUT2D eigenvalue weighted by molar-refractivity contribution is 0.102. The van der Waals surface area contributed by atoms with Gasteiger partial charge in [-0.15, -0.1) is 10.2 Å². The average molecular weight is 268 g/mol. The van der Waals surface area contributed by atoms with Crippen LogP contribution in [0.3, 0.4) is 0 Å². The molecule has 0 aliphatic rings. The third kappa shape index (κ3) is 2.81. The van der Waals surface area contributed by atoms with Gasteiger partial charge < -0.3 is 5.32 Å². The molecule has 0 saturated heterocycles. The Hall–Kier alpha value is -1.46. The van der Waals surface area contributed by atoms with Gasteiger partial charge in [0, 0.05) is 5.69 Å². The van der Waals surface area contributed by atoms with Crippen LogP contribution in [0.2, 0.25) is 4.47 Å². The SMILES string of the molecule is CCc1ccccc1NC(=O)c1nnc(Cl)s1. The number of nitrogens with one attached hydrogen (secondary N) is 1. The molecule has 0 aliphatic heterocycles. The van der Waals surface area contributed by atoms with Crippen LogP contribution < -0.4 is 5.32 Å². The molecule has 0 bridgehead atoms. The molecule has 1 amide bonds. The number of amides is 1. The highest BCUT2D eigenvalue weighted by Gasteiger charge is 2.13. The Morgan fingerprint density at radius 1 is 1.41 bits per heavy atom. The fourth-order valence-corrected chi connectivity index (χ4v) is 2.15. The Morgan fingerprint density at radius 3 is 2.82 bits per heavy atom. The van der Waals surface area contributed by atoms with Crippen LogP contribution in [0.15, 0.2) is 24.3 Å². The van der Waals surface area contributed by atoms with E-state index in [1.54, 1.807) is 0 Å². The molecule has 0 aliphatic carbocycles. The summed E-state index contributed by atoms with van der Waals surface area (Å²) in [6, 6.07) is 7.65. The number of anilines is 1. The van der Waals surface area contributed by atoms with Gasteiger partial charge in [-0.05, 0) is 29.7 Å². The quantitative estimate of drug-likeness (QED) is 0.930. The summed E-state index contributed by atoms with van der Waals surface area (Å²) in [6.07, 6.45) is 0.854. The Kier molecular flexibility index (Phi) is 3.71. The largest absolute Gasteiger partial charge is 0.320 e. The van der Waals surface area contributed by atoms with Gasteiger partial charge in [-0.3, -0.25) is 4.79 Å². The van der Waals surface area contributed by atoms with E-state index in [1.807, 2.05) is 31.2 Å². The topological polar surface area (TPSA) is 54.9 Å². The van der Waals surface area contributed by atoms with E-state index in [0.717, 1.165) is 29.0 Å². The minimum atomic E-state index is -0.282. The van der Waals surface area contributed by atoms with E-state index < -0.39 is 0 Å². The predicted molar refractivity (Wildman–Crippen MR) is 68.7 cm³/mol. The van der Waals surface area contributed by atoms with Crippen LogP contribution in [0.4, 0.5) is 5.69 Å². The molecule has 6 heteroatoms. The summed E-state index contributed by atoms with van der Waals surface area (Å²) < 4.78 is 0.263. The number of hydrogen-bond donors (Lipinski definition) is 1. The Balaban J connectivity index is 2.18. The van der Waals surface area contributed by atoms with E-state index in [4.69, 9.17) is 11.6 Å². The molecule has 88 valence electrons. The van der Waals surface area contributed by atoms with E-state index in [0.29, 0.717) is 0 Å². The smallest absolute Gasteiger partial charge is 0.286 e. The van der Waals surface area contributed by atoms with Crippen LogP contribution in [-0.2, 0) is 6.42 Å². The Morgan fingerprint density at radius 2 is 2.18 bits per heavy atom.